The van der Waals surface area contributed by atoms with Crippen molar-refractivity contribution in [1.29, 1.82) is 0 Å². The van der Waals surface area contributed by atoms with E-state index in [9.17, 15) is 9.59 Å². The molecule has 0 spiro atoms. The highest BCUT2D eigenvalue weighted by Crippen LogP contribution is 2.11. The smallest absolute Gasteiger partial charge is 0.233 e. The number of carbonyl (C=O) groups is 2. The number of likely N-dealkylation sites (N-methyl/N-ethyl adjacent to an activating group) is 1. The quantitative estimate of drug-likeness (QED) is 0.610. The molecule has 0 heterocycles. The molecule has 0 aliphatic heterocycles. The molecule has 6 heteroatoms. The molecule has 0 fully saturated rings. The van der Waals surface area contributed by atoms with Gasteiger partial charge < -0.3 is 15.4 Å². The van der Waals surface area contributed by atoms with Crippen molar-refractivity contribution >= 4 is 11.8 Å². The lowest BCUT2D eigenvalue weighted by molar-refractivity contribution is -0.121. The molecular formula is C14H21N3O3. The van der Waals surface area contributed by atoms with Crippen molar-refractivity contribution in [2.75, 3.05) is 33.8 Å². The average molecular weight is 279 g/mol. The van der Waals surface area contributed by atoms with E-state index in [0.717, 1.165) is 17.7 Å². The van der Waals surface area contributed by atoms with Crippen molar-refractivity contribution in [3.05, 3.63) is 29.8 Å². The molecule has 0 radical (unpaired) electrons. The largest absolute Gasteiger partial charge is 0.497 e. The molecule has 110 valence electrons. The third-order valence-electron chi connectivity index (χ3n) is 2.74. The molecule has 0 aromatic heterocycles. The van der Waals surface area contributed by atoms with Crippen molar-refractivity contribution < 1.29 is 14.3 Å². The van der Waals surface area contributed by atoms with E-state index in [0.29, 0.717) is 6.54 Å². The molecule has 1 rings (SSSR count). The molecule has 6 nitrogen and oxygen atoms in total. The Bertz CT molecular complexity index is 432. The van der Waals surface area contributed by atoms with Gasteiger partial charge >= 0.3 is 0 Å². The summed E-state index contributed by atoms with van der Waals surface area (Å²) in [5.41, 5.74) is 1.13. The van der Waals surface area contributed by atoms with Crippen LogP contribution in [0.1, 0.15) is 5.56 Å². The zero-order valence-corrected chi connectivity index (χ0v) is 11.9. The van der Waals surface area contributed by atoms with Gasteiger partial charge in [0, 0.05) is 13.6 Å². The van der Waals surface area contributed by atoms with E-state index < -0.39 is 0 Å². The first-order chi connectivity index (χ1) is 9.65. The van der Waals surface area contributed by atoms with Crippen LogP contribution in [0, 0.1) is 0 Å². The van der Waals surface area contributed by atoms with Gasteiger partial charge in [-0.1, -0.05) is 12.1 Å². The summed E-state index contributed by atoms with van der Waals surface area (Å²) in [6.45, 7) is 0.839. The molecule has 0 atom stereocenters. The van der Waals surface area contributed by atoms with Crippen LogP contribution in [-0.2, 0) is 16.0 Å². The fraction of sp³-hybridized carbons (Fsp3) is 0.429. The number of ether oxygens (including phenoxy) is 1. The van der Waals surface area contributed by atoms with E-state index in [4.69, 9.17) is 4.74 Å². The van der Waals surface area contributed by atoms with Gasteiger partial charge in [-0.2, -0.15) is 0 Å². The number of hydrogen-bond acceptors (Lipinski definition) is 4. The van der Waals surface area contributed by atoms with E-state index in [1.165, 1.54) is 0 Å². The topological polar surface area (TPSA) is 79.5 Å². The van der Waals surface area contributed by atoms with Crippen molar-refractivity contribution in [3.63, 3.8) is 0 Å². The number of benzene rings is 1. The maximum absolute atomic E-state index is 11.5. The van der Waals surface area contributed by atoms with Gasteiger partial charge in [-0.25, -0.2) is 0 Å². The van der Waals surface area contributed by atoms with Crippen molar-refractivity contribution in [3.8, 4) is 5.75 Å². The Balaban J connectivity index is 2.16. The van der Waals surface area contributed by atoms with Crippen LogP contribution in [0.3, 0.4) is 0 Å². The molecule has 1 aromatic carbocycles. The minimum absolute atomic E-state index is 0.123. The van der Waals surface area contributed by atoms with Crippen LogP contribution in [-0.4, -0.2) is 45.6 Å². The molecule has 3 N–H and O–H groups in total. The summed E-state index contributed by atoms with van der Waals surface area (Å²) in [5.74, 6) is 0.551. The van der Waals surface area contributed by atoms with E-state index in [-0.39, 0.29) is 24.9 Å². The Labute approximate surface area is 118 Å². The van der Waals surface area contributed by atoms with Gasteiger partial charge in [-0.15, -0.1) is 0 Å². The molecule has 0 aliphatic carbocycles. The molecule has 0 saturated heterocycles. The lowest BCUT2D eigenvalue weighted by Crippen LogP contribution is -2.39. The SMILES string of the molecule is CNC(=O)CNCC(=O)NCCc1ccc(OC)cc1. The minimum Gasteiger partial charge on any atom is -0.497 e. The fourth-order valence-corrected chi connectivity index (χ4v) is 1.58. The van der Waals surface area contributed by atoms with Crippen LogP contribution < -0.4 is 20.7 Å². The van der Waals surface area contributed by atoms with Crippen molar-refractivity contribution in [1.82, 2.24) is 16.0 Å². The molecule has 0 aliphatic rings. The third-order valence-corrected chi connectivity index (χ3v) is 2.74. The molecule has 0 saturated carbocycles. The maximum atomic E-state index is 11.5. The Hall–Kier alpha value is -2.08. The number of nitrogens with one attached hydrogen (secondary N) is 3. The van der Waals surface area contributed by atoms with Crippen LogP contribution >= 0.6 is 0 Å². The number of carbonyl (C=O) groups excluding carboxylic acids is 2. The zero-order valence-electron chi connectivity index (χ0n) is 11.9. The highest BCUT2D eigenvalue weighted by Gasteiger charge is 2.02. The number of hydrogen-bond donors (Lipinski definition) is 3. The molecule has 2 amide bonds. The monoisotopic (exact) mass is 279 g/mol. The second kappa shape index (κ2) is 8.92. The summed E-state index contributed by atoms with van der Waals surface area (Å²) >= 11 is 0. The van der Waals surface area contributed by atoms with Crippen LogP contribution in [0.2, 0.25) is 0 Å². The normalized spacial score (nSPS) is 9.90. The standard InChI is InChI=1S/C14H21N3O3/c1-15-13(18)9-16-10-14(19)17-8-7-11-3-5-12(20-2)6-4-11/h3-6,16H,7-10H2,1-2H3,(H,15,18)(H,17,19). The summed E-state index contributed by atoms with van der Waals surface area (Å²) in [5, 5.41) is 8.02. The number of rotatable bonds is 8. The highest BCUT2D eigenvalue weighted by atomic mass is 16.5. The lowest BCUT2D eigenvalue weighted by Gasteiger charge is -2.07. The van der Waals surface area contributed by atoms with Crippen LogP contribution in [0.15, 0.2) is 24.3 Å². The Morgan fingerprint density at radius 2 is 1.75 bits per heavy atom. The van der Waals surface area contributed by atoms with E-state index >= 15 is 0 Å². The van der Waals surface area contributed by atoms with Crippen LogP contribution in [0.5, 0.6) is 5.75 Å². The second-order valence-corrected chi connectivity index (χ2v) is 4.22. The first-order valence-electron chi connectivity index (χ1n) is 6.46. The van der Waals surface area contributed by atoms with Gasteiger partial charge in [0.2, 0.25) is 11.8 Å². The number of amides is 2. The highest BCUT2D eigenvalue weighted by molar-refractivity contribution is 5.80. The van der Waals surface area contributed by atoms with Gasteiger partial charge in [0.1, 0.15) is 5.75 Å². The van der Waals surface area contributed by atoms with Crippen LogP contribution in [0.4, 0.5) is 0 Å². The van der Waals surface area contributed by atoms with E-state index in [1.807, 2.05) is 24.3 Å². The second-order valence-electron chi connectivity index (χ2n) is 4.22. The van der Waals surface area contributed by atoms with E-state index in [2.05, 4.69) is 16.0 Å². The van der Waals surface area contributed by atoms with Gasteiger partial charge in [0.05, 0.1) is 20.2 Å². The Morgan fingerprint density at radius 3 is 2.35 bits per heavy atom. The summed E-state index contributed by atoms with van der Waals surface area (Å²) in [6.07, 6.45) is 0.755. The summed E-state index contributed by atoms with van der Waals surface area (Å²) in [7, 11) is 3.18. The van der Waals surface area contributed by atoms with Gasteiger partial charge in [0.15, 0.2) is 0 Å². The molecule has 1 aromatic rings. The van der Waals surface area contributed by atoms with Gasteiger partial charge in [-0.05, 0) is 24.1 Å². The lowest BCUT2D eigenvalue weighted by atomic mass is 10.1. The molecule has 0 unspecified atom stereocenters. The molecular weight excluding hydrogens is 258 g/mol. The maximum Gasteiger partial charge on any atom is 0.233 e. The van der Waals surface area contributed by atoms with Crippen LogP contribution in [0.25, 0.3) is 0 Å². The van der Waals surface area contributed by atoms with E-state index in [1.54, 1.807) is 14.2 Å². The predicted molar refractivity (Wildman–Crippen MR) is 76.6 cm³/mol. The summed E-state index contributed by atoms with van der Waals surface area (Å²) < 4.78 is 5.07. The van der Waals surface area contributed by atoms with Gasteiger partial charge in [0.25, 0.3) is 0 Å². The summed E-state index contributed by atoms with van der Waals surface area (Å²) in [4.78, 5) is 22.4. The van der Waals surface area contributed by atoms with Crippen molar-refractivity contribution in [2.24, 2.45) is 0 Å². The average Bonchev–Trinajstić information content (AvgIpc) is 2.47. The Kier molecular flexibility index (Phi) is 7.13. The van der Waals surface area contributed by atoms with Gasteiger partial charge in [-0.3, -0.25) is 14.9 Å². The fourth-order valence-electron chi connectivity index (χ4n) is 1.58. The minimum atomic E-state index is -0.143. The third kappa shape index (κ3) is 6.19. The predicted octanol–water partition coefficient (Wildman–Crippen LogP) is -0.310. The molecule has 0 bridgehead atoms. The Morgan fingerprint density at radius 1 is 1.10 bits per heavy atom. The number of methoxy groups -OCH3 is 1. The molecule has 20 heavy (non-hydrogen) atoms. The summed E-state index contributed by atoms with van der Waals surface area (Å²) in [6, 6.07) is 7.72. The zero-order chi connectivity index (χ0) is 14.8. The van der Waals surface area contributed by atoms with Crippen molar-refractivity contribution in [2.45, 2.75) is 6.42 Å². The first kappa shape index (κ1) is 16.0. The first-order valence-corrected chi connectivity index (χ1v) is 6.46.